The number of hydrogen-bond acceptors (Lipinski definition) is 1. The molecule has 96 valence electrons. The zero-order valence-electron chi connectivity index (χ0n) is 11.6. The van der Waals surface area contributed by atoms with Crippen LogP contribution in [0.25, 0.3) is 5.76 Å². The van der Waals surface area contributed by atoms with Gasteiger partial charge in [-0.2, -0.15) is 0 Å². The predicted octanol–water partition coefficient (Wildman–Crippen LogP) is 4.71. The lowest BCUT2D eigenvalue weighted by molar-refractivity contribution is 0.461. The summed E-state index contributed by atoms with van der Waals surface area (Å²) >= 11 is 0. The van der Waals surface area contributed by atoms with Gasteiger partial charge >= 0.3 is 0 Å². The van der Waals surface area contributed by atoms with E-state index in [-0.39, 0.29) is 5.41 Å². The molecule has 0 bridgehead atoms. The number of ether oxygens (including phenoxy) is 1. The van der Waals surface area contributed by atoms with Gasteiger partial charge in [0.2, 0.25) is 0 Å². The van der Waals surface area contributed by atoms with Crippen molar-refractivity contribution in [1.82, 2.24) is 0 Å². The van der Waals surface area contributed by atoms with Gasteiger partial charge in [0.05, 0.1) is 0 Å². The van der Waals surface area contributed by atoms with Gasteiger partial charge in [-0.05, 0) is 19.1 Å². The molecule has 0 atom stereocenters. The van der Waals surface area contributed by atoms with Gasteiger partial charge in [-0.25, -0.2) is 0 Å². The molecule has 0 saturated heterocycles. The van der Waals surface area contributed by atoms with Gasteiger partial charge in [-0.1, -0.05) is 61.9 Å². The normalized spacial score (nSPS) is 16.3. The van der Waals surface area contributed by atoms with E-state index >= 15 is 0 Å². The SMILES string of the molecule is Cc1ccc(C2=CC(C)(C)c3ccccc3O2)cc1. The fourth-order valence-corrected chi connectivity index (χ4v) is 2.50. The van der Waals surface area contributed by atoms with E-state index in [4.69, 9.17) is 4.74 Å². The first-order chi connectivity index (χ1) is 9.06. The highest BCUT2D eigenvalue weighted by Gasteiger charge is 2.28. The second-order valence-electron chi connectivity index (χ2n) is 5.69. The fourth-order valence-electron chi connectivity index (χ4n) is 2.50. The summed E-state index contributed by atoms with van der Waals surface area (Å²) in [6.45, 7) is 6.55. The van der Waals surface area contributed by atoms with E-state index in [0.29, 0.717) is 0 Å². The standard InChI is InChI=1S/C18H18O/c1-13-8-10-14(11-9-13)17-12-18(2,3)15-6-4-5-7-16(15)19-17/h4-12H,1-3H3. The van der Waals surface area contributed by atoms with E-state index in [0.717, 1.165) is 17.1 Å². The van der Waals surface area contributed by atoms with Crippen molar-refractivity contribution in [2.45, 2.75) is 26.2 Å². The minimum Gasteiger partial charge on any atom is -0.457 e. The largest absolute Gasteiger partial charge is 0.457 e. The monoisotopic (exact) mass is 250 g/mol. The Morgan fingerprint density at radius 1 is 0.895 bits per heavy atom. The Bertz CT molecular complexity index is 633. The molecule has 0 radical (unpaired) electrons. The highest BCUT2D eigenvalue weighted by atomic mass is 16.5. The molecular formula is C18H18O. The van der Waals surface area contributed by atoms with E-state index in [1.54, 1.807) is 0 Å². The van der Waals surface area contributed by atoms with Gasteiger partial charge in [0, 0.05) is 16.5 Å². The third-order valence-electron chi connectivity index (χ3n) is 3.63. The quantitative estimate of drug-likeness (QED) is 0.712. The average Bonchev–Trinajstić information content (AvgIpc) is 2.39. The number of fused-ring (bicyclic) bond motifs is 1. The lowest BCUT2D eigenvalue weighted by Crippen LogP contribution is -2.21. The molecule has 0 amide bonds. The molecule has 0 fully saturated rings. The molecule has 0 spiro atoms. The van der Waals surface area contributed by atoms with Gasteiger partial charge < -0.3 is 4.74 Å². The Morgan fingerprint density at radius 3 is 2.32 bits per heavy atom. The molecule has 0 aliphatic carbocycles. The van der Waals surface area contributed by atoms with Crippen LogP contribution in [-0.4, -0.2) is 0 Å². The molecule has 1 heterocycles. The molecule has 0 N–H and O–H groups in total. The van der Waals surface area contributed by atoms with Crippen molar-refractivity contribution in [2.75, 3.05) is 0 Å². The number of allylic oxidation sites excluding steroid dienone is 1. The van der Waals surface area contributed by atoms with Gasteiger partial charge in [0.1, 0.15) is 11.5 Å². The molecule has 19 heavy (non-hydrogen) atoms. The molecule has 1 heteroatoms. The predicted molar refractivity (Wildman–Crippen MR) is 79.3 cm³/mol. The first kappa shape index (κ1) is 12.0. The Labute approximate surface area is 114 Å². The van der Waals surface area contributed by atoms with Gasteiger partial charge in [0.15, 0.2) is 0 Å². The average molecular weight is 250 g/mol. The summed E-state index contributed by atoms with van der Waals surface area (Å²) in [5, 5.41) is 0. The highest BCUT2D eigenvalue weighted by Crippen LogP contribution is 2.40. The van der Waals surface area contributed by atoms with Crippen molar-refractivity contribution in [3.63, 3.8) is 0 Å². The Kier molecular flexibility index (Phi) is 2.70. The van der Waals surface area contributed by atoms with Crippen molar-refractivity contribution in [3.05, 3.63) is 71.3 Å². The smallest absolute Gasteiger partial charge is 0.131 e. The molecule has 2 aromatic rings. The van der Waals surface area contributed by atoms with Crippen LogP contribution in [0.4, 0.5) is 0 Å². The molecule has 3 rings (SSSR count). The van der Waals surface area contributed by atoms with Crippen LogP contribution in [0.3, 0.4) is 0 Å². The first-order valence-electron chi connectivity index (χ1n) is 6.63. The van der Waals surface area contributed by atoms with Crippen LogP contribution < -0.4 is 4.74 Å². The van der Waals surface area contributed by atoms with Crippen LogP contribution in [-0.2, 0) is 5.41 Å². The molecule has 0 saturated carbocycles. The topological polar surface area (TPSA) is 9.23 Å². The van der Waals surface area contributed by atoms with E-state index in [2.05, 4.69) is 63.2 Å². The van der Waals surface area contributed by atoms with Crippen molar-refractivity contribution in [2.24, 2.45) is 0 Å². The van der Waals surface area contributed by atoms with Gasteiger partial charge in [-0.15, -0.1) is 0 Å². The maximum atomic E-state index is 6.05. The molecule has 0 unspecified atom stereocenters. The summed E-state index contributed by atoms with van der Waals surface area (Å²) in [6.07, 6.45) is 2.21. The fraction of sp³-hybridized carbons (Fsp3) is 0.222. The molecule has 1 aliphatic heterocycles. The number of para-hydroxylation sites is 1. The van der Waals surface area contributed by atoms with E-state index in [1.165, 1.54) is 11.1 Å². The first-order valence-corrected chi connectivity index (χ1v) is 6.63. The van der Waals surface area contributed by atoms with Crippen LogP contribution >= 0.6 is 0 Å². The summed E-state index contributed by atoms with van der Waals surface area (Å²) in [6, 6.07) is 16.7. The van der Waals surface area contributed by atoms with Crippen molar-refractivity contribution < 1.29 is 4.74 Å². The second-order valence-corrected chi connectivity index (χ2v) is 5.69. The van der Waals surface area contributed by atoms with Crippen LogP contribution in [0, 0.1) is 6.92 Å². The zero-order chi connectivity index (χ0) is 13.5. The van der Waals surface area contributed by atoms with Gasteiger partial charge in [0.25, 0.3) is 0 Å². The Morgan fingerprint density at radius 2 is 1.58 bits per heavy atom. The summed E-state index contributed by atoms with van der Waals surface area (Å²) < 4.78 is 6.05. The van der Waals surface area contributed by atoms with Gasteiger partial charge in [-0.3, -0.25) is 0 Å². The third-order valence-corrected chi connectivity index (χ3v) is 3.63. The highest BCUT2D eigenvalue weighted by molar-refractivity contribution is 5.68. The summed E-state index contributed by atoms with van der Waals surface area (Å²) in [7, 11) is 0. The second kappa shape index (κ2) is 4.27. The minimum absolute atomic E-state index is 0.00490. The van der Waals surface area contributed by atoms with E-state index in [9.17, 15) is 0 Å². The molecule has 1 aliphatic rings. The van der Waals surface area contributed by atoms with Crippen LogP contribution in [0.1, 0.15) is 30.5 Å². The molecular weight excluding hydrogens is 232 g/mol. The summed E-state index contributed by atoms with van der Waals surface area (Å²) in [4.78, 5) is 0. The molecule has 2 aromatic carbocycles. The van der Waals surface area contributed by atoms with E-state index < -0.39 is 0 Å². The Balaban J connectivity index is 2.07. The Hall–Kier alpha value is -2.02. The van der Waals surface area contributed by atoms with Crippen molar-refractivity contribution in [1.29, 1.82) is 0 Å². The van der Waals surface area contributed by atoms with Crippen LogP contribution in [0.15, 0.2) is 54.6 Å². The summed E-state index contributed by atoms with van der Waals surface area (Å²) in [5.41, 5.74) is 3.63. The zero-order valence-corrected chi connectivity index (χ0v) is 11.6. The van der Waals surface area contributed by atoms with Crippen LogP contribution in [0.5, 0.6) is 5.75 Å². The van der Waals surface area contributed by atoms with Crippen LogP contribution in [0.2, 0.25) is 0 Å². The summed E-state index contributed by atoms with van der Waals surface area (Å²) in [5.74, 6) is 1.91. The molecule has 1 nitrogen and oxygen atoms in total. The minimum atomic E-state index is -0.00490. The van der Waals surface area contributed by atoms with E-state index in [1.807, 2.05) is 12.1 Å². The third kappa shape index (κ3) is 2.17. The number of benzene rings is 2. The number of aryl methyl sites for hydroxylation is 1. The van der Waals surface area contributed by atoms with Crippen molar-refractivity contribution >= 4 is 5.76 Å². The number of hydrogen-bond donors (Lipinski definition) is 0. The number of rotatable bonds is 1. The molecule has 0 aromatic heterocycles. The maximum absolute atomic E-state index is 6.05. The van der Waals surface area contributed by atoms with Crippen molar-refractivity contribution in [3.8, 4) is 5.75 Å². The lowest BCUT2D eigenvalue weighted by Gasteiger charge is -2.30. The lowest BCUT2D eigenvalue weighted by atomic mass is 9.81. The maximum Gasteiger partial charge on any atom is 0.131 e.